The molecule has 0 saturated heterocycles. The number of nitrogens with one attached hydrogen (secondary N) is 1. The molecule has 24 heavy (non-hydrogen) atoms. The van der Waals surface area contributed by atoms with Crippen LogP contribution in [0.2, 0.25) is 0 Å². The zero-order valence-corrected chi connectivity index (χ0v) is 14.4. The third-order valence-corrected chi connectivity index (χ3v) is 3.51. The van der Waals surface area contributed by atoms with Crippen molar-refractivity contribution in [3.05, 3.63) is 56.4 Å². The van der Waals surface area contributed by atoms with Crippen LogP contribution in [0.1, 0.15) is 36.8 Å². The summed E-state index contributed by atoms with van der Waals surface area (Å²) in [5.74, 6) is -0.331. The van der Waals surface area contributed by atoms with Crippen molar-refractivity contribution in [2.75, 3.05) is 6.54 Å². The number of rotatable bonds is 5. The zero-order valence-electron chi connectivity index (χ0n) is 14.4. The molecule has 0 bridgehead atoms. The smallest absolute Gasteiger partial charge is 0.350 e. The molecule has 0 fully saturated rings. The van der Waals surface area contributed by atoms with Gasteiger partial charge in [-0.15, -0.1) is 0 Å². The number of amides is 1. The number of carbonyl (C=O) groups excluding carboxylic acids is 1. The number of aryl methyl sites for hydroxylation is 1. The van der Waals surface area contributed by atoms with Crippen molar-refractivity contribution in [3.8, 4) is 5.69 Å². The Morgan fingerprint density at radius 3 is 2.58 bits per heavy atom. The van der Waals surface area contributed by atoms with E-state index in [1.807, 2.05) is 26.8 Å². The van der Waals surface area contributed by atoms with E-state index in [9.17, 15) is 14.4 Å². The third kappa shape index (κ3) is 3.61. The van der Waals surface area contributed by atoms with Crippen LogP contribution in [-0.4, -0.2) is 26.8 Å². The maximum Gasteiger partial charge on any atom is 0.352 e. The van der Waals surface area contributed by atoms with Crippen molar-refractivity contribution in [2.24, 2.45) is 5.92 Å². The van der Waals surface area contributed by atoms with Crippen molar-refractivity contribution in [1.29, 1.82) is 0 Å². The normalized spacial score (nSPS) is 10.9. The van der Waals surface area contributed by atoms with Gasteiger partial charge in [-0.05, 0) is 37.5 Å². The number of carbonyl (C=O) groups is 1. The molecule has 1 aromatic heterocycles. The molecule has 1 heterocycles. The largest absolute Gasteiger partial charge is 0.352 e. The first-order valence-electron chi connectivity index (χ1n) is 7.94. The highest BCUT2D eigenvalue weighted by molar-refractivity contribution is 5.91. The Bertz CT molecular complexity index is 865. The van der Waals surface area contributed by atoms with Gasteiger partial charge in [0.1, 0.15) is 0 Å². The fraction of sp³-hybridized carbons (Fsp3) is 0.412. The van der Waals surface area contributed by atoms with Gasteiger partial charge in [0, 0.05) is 13.1 Å². The highest BCUT2D eigenvalue weighted by Gasteiger charge is 2.19. The third-order valence-electron chi connectivity index (χ3n) is 3.51. The molecule has 0 atom stereocenters. The highest BCUT2D eigenvalue weighted by atomic mass is 16.2. The monoisotopic (exact) mass is 330 g/mol. The topological polar surface area (TPSA) is 86.0 Å². The van der Waals surface area contributed by atoms with Crippen LogP contribution in [0.15, 0.2) is 33.9 Å². The summed E-state index contributed by atoms with van der Waals surface area (Å²) in [6.07, 6.45) is 0. The fourth-order valence-corrected chi connectivity index (χ4v) is 2.24. The molecular formula is C17H22N4O3. The molecule has 1 N–H and O–H groups in total. The van der Waals surface area contributed by atoms with E-state index in [0.29, 0.717) is 12.2 Å². The van der Waals surface area contributed by atoms with E-state index in [-0.39, 0.29) is 18.2 Å². The summed E-state index contributed by atoms with van der Waals surface area (Å²) in [5.41, 5.74) is -0.0545. The summed E-state index contributed by atoms with van der Waals surface area (Å²) in [6.45, 7) is 8.06. The first-order chi connectivity index (χ1) is 11.3. The minimum atomic E-state index is -0.673. The lowest BCUT2D eigenvalue weighted by atomic mass is 10.2. The van der Waals surface area contributed by atoms with Crippen molar-refractivity contribution >= 4 is 5.91 Å². The van der Waals surface area contributed by atoms with Crippen molar-refractivity contribution in [3.63, 3.8) is 0 Å². The molecule has 0 saturated carbocycles. The molecule has 0 aliphatic rings. The molecule has 1 amide bonds. The van der Waals surface area contributed by atoms with Crippen LogP contribution >= 0.6 is 0 Å². The minimum Gasteiger partial charge on any atom is -0.350 e. The Labute approximate surface area is 139 Å². The molecule has 0 radical (unpaired) electrons. The lowest BCUT2D eigenvalue weighted by molar-refractivity contribution is 0.0939. The van der Waals surface area contributed by atoms with Crippen LogP contribution in [0.25, 0.3) is 5.69 Å². The maximum atomic E-state index is 12.5. The van der Waals surface area contributed by atoms with Gasteiger partial charge in [0.2, 0.25) is 5.69 Å². The predicted molar refractivity (Wildman–Crippen MR) is 91.7 cm³/mol. The molecular weight excluding hydrogens is 308 g/mol. The van der Waals surface area contributed by atoms with Crippen molar-refractivity contribution in [1.82, 2.24) is 19.7 Å². The summed E-state index contributed by atoms with van der Waals surface area (Å²) in [4.78, 5) is 37.2. The molecule has 2 rings (SSSR count). The van der Waals surface area contributed by atoms with E-state index in [1.54, 1.807) is 25.1 Å². The van der Waals surface area contributed by atoms with Gasteiger partial charge >= 0.3 is 5.69 Å². The number of aromatic nitrogens is 3. The van der Waals surface area contributed by atoms with Gasteiger partial charge in [-0.2, -0.15) is 9.78 Å². The van der Waals surface area contributed by atoms with Gasteiger partial charge in [-0.1, -0.05) is 26.0 Å². The first-order valence-corrected chi connectivity index (χ1v) is 7.94. The van der Waals surface area contributed by atoms with E-state index in [2.05, 4.69) is 10.4 Å². The second kappa shape index (κ2) is 7.25. The summed E-state index contributed by atoms with van der Waals surface area (Å²) in [7, 11) is 0. The van der Waals surface area contributed by atoms with Gasteiger partial charge in [-0.3, -0.25) is 14.2 Å². The number of benzene rings is 1. The Morgan fingerprint density at radius 2 is 2.00 bits per heavy atom. The molecule has 7 heteroatoms. The van der Waals surface area contributed by atoms with Gasteiger partial charge in [0.15, 0.2) is 0 Å². The molecule has 0 aliphatic heterocycles. The van der Waals surface area contributed by atoms with Crippen LogP contribution in [0.5, 0.6) is 0 Å². The van der Waals surface area contributed by atoms with E-state index >= 15 is 0 Å². The van der Waals surface area contributed by atoms with Crippen LogP contribution < -0.4 is 16.6 Å². The standard InChI is InChI=1S/C17H22N4O3/c1-5-20-16(23)14(15(22)18-10-11(2)3)19-21(17(20)24)13-8-6-7-12(4)9-13/h6-9,11H,5,10H2,1-4H3,(H,18,22). The summed E-state index contributed by atoms with van der Waals surface area (Å²) in [6, 6.07) is 7.16. The number of nitrogens with zero attached hydrogens (tertiary/aromatic N) is 3. The van der Waals surface area contributed by atoms with Gasteiger partial charge < -0.3 is 5.32 Å². The average Bonchev–Trinajstić information content (AvgIpc) is 2.53. The SMILES string of the molecule is CCn1c(=O)c(C(=O)NCC(C)C)nn(-c2cccc(C)c2)c1=O. The van der Waals surface area contributed by atoms with Crippen molar-refractivity contribution < 1.29 is 4.79 Å². The molecule has 0 unspecified atom stereocenters. The minimum absolute atomic E-state index is 0.163. The molecule has 7 nitrogen and oxygen atoms in total. The number of hydrogen-bond acceptors (Lipinski definition) is 4. The average molecular weight is 330 g/mol. The molecule has 0 aliphatic carbocycles. The van der Waals surface area contributed by atoms with Gasteiger partial charge in [0.25, 0.3) is 11.5 Å². The Balaban J connectivity index is 2.61. The van der Waals surface area contributed by atoms with Crippen LogP contribution in [-0.2, 0) is 6.54 Å². The summed E-state index contributed by atoms with van der Waals surface area (Å²) >= 11 is 0. The maximum absolute atomic E-state index is 12.5. The zero-order chi connectivity index (χ0) is 17.9. The number of hydrogen-bond donors (Lipinski definition) is 1. The van der Waals surface area contributed by atoms with E-state index in [1.165, 1.54) is 0 Å². The fourth-order valence-electron chi connectivity index (χ4n) is 2.24. The summed E-state index contributed by atoms with van der Waals surface area (Å²) in [5, 5.41) is 6.70. The Kier molecular flexibility index (Phi) is 5.33. The second-order valence-electron chi connectivity index (χ2n) is 6.04. The molecule has 1 aromatic carbocycles. The van der Waals surface area contributed by atoms with Crippen LogP contribution in [0.3, 0.4) is 0 Å². The second-order valence-corrected chi connectivity index (χ2v) is 6.04. The lowest BCUT2D eigenvalue weighted by Gasteiger charge is -2.12. The van der Waals surface area contributed by atoms with Crippen LogP contribution in [0.4, 0.5) is 0 Å². The highest BCUT2D eigenvalue weighted by Crippen LogP contribution is 2.06. The molecule has 128 valence electrons. The molecule has 0 spiro atoms. The van der Waals surface area contributed by atoms with Gasteiger partial charge in [0.05, 0.1) is 5.69 Å². The Hall–Kier alpha value is -2.70. The van der Waals surface area contributed by atoms with Crippen LogP contribution in [0, 0.1) is 12.8 Å². The van der Waals surface area contributed by atoms with E-state index < -0.39 is 17.2 Å². The quantitative estimate of drug-likeness (QED) is 0.890. The van der Waals surface area contributed by atoms with Gasteiger partial charge in [-0.25, -0.2) is 4.79 Å². The molecule has 2 aromatic rings. The lowest BCUT2D eigenvalue weighted by Crippen LogP contribution is -2.45. The van der Waals surface area contributed by atoms with E-state index in [4.69, 9.17) is 0 Å². The van der Waals surface area contributed by atoms with E-state index in [0.717, 1.165) is 14.8 Å². The van der Waals surface area contributed by atoms with Crippen molar-refractivity contribution in [2.45, 2.75) is 34.2 Å². The first kappa shape index (κ1) is 17.7. The predicted octanol–water partition coefficient (Wildman–Crippen LogP) is 1.11. The summed E-state index contributed by atoms with van der Waals surface area (Å²) < 4.78 is 2.11. The Morgan fingerprint density at radius 1 is 1.29 bits per heavy atom.